The quantitative estimate of drug-likeness (QED) is 0.528. The van der Waals surface area contributed by atoms with Crippen molar-refractivity contribution in [1.82, 2.24) is 0 Å². The van der Waals surface area contributed by atoms with Crippen LogP contribution in [0.5, 0.6) is 0 Å². The Labute approximate surface area is 109 Å². The maximum absolute atomic E-state index is 11.0. The van der Waals surface area contributed by atoms with Crippen LogP contribution in [-0.2, 0) is 9.59 Å². The maximum Gasteiger partial charge on any atom is 0.326 e. The Bertz CT molecular complexity index is 446. The minimum absolute atomic E-state index is 0.0227. The molecule has 104 valence electrons. The van der Waals surface area contributed by atoms with Crippen molar-refractivity contribution in [2.75, 3.05) is 10.5 Å². The third-order valence-corrected chi connectivity index (χ3v) is 2.41. The number of carbonyl (C=O) groups excluding carboxylic acids is 1. The van der Waals surface area contributed by atoms with Gasteiger partial charge in [-0.25, -0.2) is 4.79 Å². The van der Waals surface area contributed by atoms with E-state index in [1.165, 1.54) is 24.3 Å². The number of rotatable bonds is 7. The van der Waals surface area contributed by atoms with Crippen LogP contribution >= 0.6 is 0 Å². The number of benzene rings is 1. The molecule has 0 spiro atoms. The number of hydrogen-bond donors (Lipinski definition) is 4. The summed E-state index contributed by atoms with van der Waals surface area (Å²) in [5, 5.41) is 30.6. The predicted molar refractivity (Wildman–Crippen MR) is 67.5 cm³/mol. The molecule has 0 radical (unpaired) electrons. The number of hydrogen-bond acceptors (Lipinski definition) is 6. The third kappa shape index (κ3) is 4.82. The lowest BCUT2D eigenvalue weighted by Gasteiger charge is -2.22. The Hall–Kier alpha value is -2.32. The van der Waals surface area contributed by atoms with E-state index < -0.39 is 17.9 Å². The summed E-state index contributed by atoms with van der Waals surface area (Å²) < 4.78 is 0. The van der Waals surface area contributed by atoms with Crippen LogP contribution in [0, 0.1) is 5.21 Å². The summed E-state index contributed by atoms with van der Waals surface area (Å²) in [5.41, 5.74) is 5.43. The van der Waals surface area contributed by atoms with E-state index in [0.717, 1.165) is 0 Å². The lowest BCUT2D eigenvalue weighted by atomic mass is 10.1. The molecule has 0 aromatic heterocycles. The fourth-order valence-corrected chi connectivity index (χ4v) is 1.43. The van der Waals surface area contributed by atoms with Crippen molar-refractivity contribution < 1.29 is 19.9 Å². The maximum atomic E-state index is 11.0. The van der Waals surface area contributed by atoms with E-state index in [9.17, 15) is 14.8 Å². The van der Waals surface area contributed by atoms with E-state index in [-0.39, 0.29) is 23.8 Å². The van der Waals surface area contributed by atoms with Crippen LogP contribution in [0.2, 0.25) is 0 Å². The van der Waals surface area contributed by atoms with E-state index in [2.05, 4.69) is 5.32 Å². The summed E-state index contributed by atoms with van der Waals surface area (Å²) in [6.07, 6.45) is 0.00707. The molecule has 0 aliphatic carbocycles. The van der Waals surface area contributed by atoms with Gasteiger partial charge in [-0.3, -0.25) is 10.0 Å². The topological polar surface area (TPSA) is 139 Å². The van der Waals surface area contributed by atoms with Crippen molar-refractivity contribution in [3.63, 3.8) is 0 Å². The van der Waals surface area contributed by atoms with Crippen LogP contribution in [0.25, 0.3) is 0 Å². The van der Waals surface area contributed by atoms with Crippen LogP contribution in [0.4, 0.5) is 11.4 Å². The summed E-state index contributed by atoms with van der Waals surface area (Å²) in [5.74, 6) is -1.69. The molecule has 1 aromatic rings. The van der Waals surface area contributed by atoms with Gasteiger partial charge < -0.3 is 26.6 Å². The zero-order chi connectivity index (χ0) is 14.4. The number of anilines is 2. The van der Waals surface area contributed by atoms with Crippen molar-refractivity contribution in [3.8, 4) is 0 Å². The molecule has 5 N–H and O–H groups in total. The number of primary amides is 1. The van der Waals surface area contributed by atoms with Gasteiger partial charge in [0.05, 0.1) is 5.69 Å². The van der Waals surface area contributed by atoms with Crippen molar-refractivity contribution in [3.05, 3.63) is 29.5 Å². The minimum atomic E-state index is -1.11. The molecule has 0 fully saturated rings. The molecule has 19 heavy (non-hydrogen) atoms. The summed E-state index contributed by atoms with van der Waals surface area (Å²) in [4.78, 5) is 21.6. The molecule has 1 aromatic carbocycles. The van der Waals surface area contributed by atoms with Gasteiger partial charge in [-0.2, -0.15) is 0 Å². The van der Waals surface area contributed by atoms with Crippen LogP contribution < -0.4 is 16.3 Å². The second-order valence-electron chi connectivity index (χ2n) is 3.86. The fraction of sp³-hybridized carbons (Fsp3) is 0.273. The molecular formula is C11H14N3O5-. The van der Waals surface area contributed by atoms with Crippen LogP contribution in [0.15, 0.2) is 24.3 Å². The molecular weight excluding hydrogens is 254 g/mol. The van der Waals surface area contributed by atoms with E-state index >= 15 is 0 Å². The van der Waals surface area contributed by atoms with Crippen molar-refractivity contribution in [2.24, 2.45) is 5.73 Å². The summed E-state index contributed by atoms with van der Waals surface area (Å²) >= 11 is 0. The number of carbonyl (C=O) groups is 2. The van der Waals surface area contributed by atoms with Gasteiger partial charge in [0.1, 0.15) is 6.04 Å². The second kappa shape index (κ2) is 6.57. The number of nitrogens with two attached hydrogens (primary N) is 1. The van der Waals surface area contributed by atoms with Crippen LogP contribution in [0.3, 0.4) is 0 Å². The normalized spacial score (nSPS) is 11.7. The molecule has 0 saturated carbocycles. The van der Waals surface area contributed by atoms with E-state index in [0.29, 0.717) is 5.69 Å². The smallest absolute Gasteiger partial charge is 0.326 e. The molecule has 8 heteroatoms. The summed E-state index contributed by atoms with van der Waals surface area (Å²) in [7, 11) is 0. The molecule has 0 unspecified atom stereocenters. The minimum Gasteiger partial charge on any atom is -0.733 e. The third-order valence-electron chi connectivity index (χ3n) is 2.41. The van der Waals surface area contributed by atoms with Crippen molar-refractivity contribution in [2.45, 2.75) is 18.9 Å². The number of amides is 1. The molecule has 1 atom stereocenters. The first kappa shape index (κ1) is 14.7. The van der Waals surface area contributed by atoms with Gasteiger partial charge in [0.15, 0.2) is 0 Å². The lowest BCUT2D eigenvalue weighted by Crippen LogP contribution is -2.30. The predicted octanol–water partition coefficient (Wildman–Crippen LogP) is 0.511. The Morgan fingerprint density at radius 3 is 2.37 bits per heavy atom. The molecule has 0 saturated heterocycles. The number of aliphatic carboxylic acids is 1. The first-order valence-electron chi connectivity index (χ1n) is 5.44. The van der Waals surface area contributed by atoms with E-state index in [1.54, 1.807) is 0 Å². The first-order chi connectivity index (χ1) is 8.90. The average molecular weight is 268 g/mol. The van der Waals surface area contributed by atoms with Gasteiger partial charge in [-0.05, 0) is 30.7 Å². The zero-order valence-electron chi connectivity index (χ0n) is 9.94. The van der Waals surface area contributed by atoms with Gasteiger partial charge in [0.2, 0.25) is 5.91 Å². The largest absolute Gasteiger partial charge is 0.733 e. The highest BCUT2D eigenvalue weighted by Gasteiger charge is 2.17. The van der Waals surface area contributed by atoms with Crippen LogP contribution in [0.1, 0.15) is 12.8 Å². The van der Waals surface area contributed by atoms with E-state index in [4.69, 9.17) is 16.0 Å². The first-order valence-corrected chi connectivity index (χ1v) is 5.44. The van der Waals surface area contributed by atoms with Crippen LogP contribution in [-0.4, -0.2) is 28.2 Å². The Kier molecular flexibility index (Phi) is 5.10. The van der Waals surface area contributed by atoms with E-state index in [1.807, 2.05) is 0 Å². The molecule has 1 rings (SSSR count). The summed E-state index contributed by atoms with van der Waals surface area (Å²) in [6, 6.07) is 4.56. The molecule has 1 amide bonds. The Morgan fingerprint density at radius 2 is 1.95 bits per heavy atom. The van der Waals surface area contributed by atoms with Gasteiger partial charge >= 0.3 is 5.97 Å². The second-order valence-corrected chi connectivity index (χ2v) is 3.86. The molecule has 0 heterocycles. The summed E-state index contributed by atoms with van der Waals surface area (Å²) in [6.45, 7) is 0. The molecule has 0 aliphatic rings. The molecule has 8 nitrogen and oxygen atoms in total. The number of nitrogens with zero attached hydrogens (tertiary/aromatic N) is 1. The lowest BCUT2D eigenvalue weighted by molar-refractivity contribution is -0.138. The monoisotopic (exact) mass is 268 g/mol. The zero-order valence-corrected chi connectivity index (χ0v) is 9.94. The highest BCUT2D eigenvalue weighted by molar-refractivity contribution is 5.79. The van der Waals surface area contributed by atoms with Gasteiger partial charge in [0.25, 0.3) is 0 Å². The van der Waals surface area contributed by atoms with Gasteiger partial charge in [-0.15, -0.1) is 0 Å². The van der Waals surface area contributed by atoms with Crippen molar-refractivity contribution >= 4 is 23.3 Å². The fourth-order valence-electron chi connectivity index (χ4n) is 1.43. The van der Waals surface area contributed by atoms with Gasteiger partial charge in [0, 0.05) is 12.1 Å². The molecule has 0 aliphatic heterocycles. The number of carboxylic acid groups (broad SMARTS) is 1. The number of nitrogens with one attached hydrogen (secondary N) is 1. The van der Waals surface area contributed by atoms with Crippen molar-refractivity contribution in [1.29, 1.82) is 0 Å². The number of carboxylic acids is 1. The molecule has 0 bridgehead atoms. The highest BCUT2D eigenvalue weighted by atomic mass is 16.8. The average Bonchev–Trinajstić information content (AvgIpc) is 2.34. The highest BCUT2D eigenvalue weighted by Crippen LogP contribution is 2.17. The van der Waals surface area contributed by atoms with Gasteiger partial charge in [-0.1, -0.05) is 0 Å². The standard InChI is InChI=1S/C11H14N3O5/c12-10(15)6-5-9(11(16)17)13-7-1-3-8(4-2-7)14(18)19/h1-4,9,13,18H,5-6H2,(H2,12,15)(H,16,17)/q-1/t9-/m0/s1. The SMILES string of the molecule is NC(=O)CC[C@H](Nc1ccc(N([O-])O)cc1)C(=O)O. The Morgan fingerprint density at radius 1 is 1.37 bits per heavy atom. The Balaban J connectivity index is 2.68.